The fraction of sp³-hybridized carbons (Fsp3) is 0. The second-order valence-corrected chi connectivity index (χ2v) is 13.2. The predicted molar refractivity (Wildman–Crippen MR) is 218 cm³/mol. The first-order chi connectivity index (χ1) is 25.8. The zero-order valence-electron chi connectivity index (χ0n) is 28.3. The Labute approximate surface area is 301 Å². The number of fused-ring (bicyclic) bond motifs is 6. The number of nitrogens with zero attached hydrogens (tertiary/aromatic N) is 2. The summed E-state index contributed by atoms with van der Waals surface area (Å²) in [7, 11) is 0. The SMILES string of the molecule is c1ccc(-c2cccc(N(c3cccc(-c4ccc(-c5cccc6ccccc56)cc4)c3)c3cc4c5ccccc5oc4c4cnccc34)c2)cc1. The van der Waals surface area contributed by atoms with Crippen LogP contribution < -0.4 is 4.90 Å². The number of pyridine rings is 1. The Balaban J connectivity index is 1.15. The Morgan fingerprint density at radius 3 is 1.81 bits per heavy atom. The Hall–Kier alpha value is -6.97. The first-order valence-corrected chi connectivity index (χ1v) is 17.6. The lowest BCUT2D eigenvalue weighted by atomic mass is 9.96. The number of anilines is 3. The molecule has 0 spiro atoms. The van der Waals surface area contributed by atoms with Gasteiger partial charge in [-0.1, -0.05) is 140 Å². The van der Waals surface area contributed by atoms with Gasteiger partial charge in [0, 0.05) is 45.3 Å². The Kier molecular flexibility index (Phi) is 7.14. The van der Waals surface area contributed by atoms with E-state index in [-0.39, 0.29) is 0 Å². The molecule has 244 valence electrons. The molecule has 0 saturated heterocycles. The molecule has 0 fully saturated rings. The van der Waals surface area contributed by atoms with Crippen LogP contribution in [0, 0.1) is 0 Å². The minimum atomic E-state index is 0.853. The molecule has 0 unspecified atom stereocenters. The van der Waals surface area contributed by atoms with Crippen LogP contribution in [0.4, 0.5) is 17.1 Å². The van der Waals surface area contributed by atoms with Gasteiger partial charge in [0.2, 0.25) is 0 Å². The van der Waals surface area contributed by atoms with Crippen LogP contribution in [0.1, 0.15) is 0 Å². The molecule has 8 aromatic carbocycles. The normalized spacial score (nSPS) is 11.5. The molecule has 0 saturated carbocycles. The van der Waals surface area contributed by atoms with Crippen molar-refractivity contribution in [3.63, 3.8) is 0 Å². The maximum atomic E-state index is 6.47. The number of benzene rings is 8. The molecule has 0 N–H and O–H groups in total. The predicted octanol–water partition coefficient (Wildman–Crippen LogP) is 13.8. The second-order valence-electron chi connectivity index (χ2n) is 13.2. The van der Waals surface area contributed by atoms with Gasteiger partial charge in [0.15, 0.2) is 0 Å². The van der Waals surface area contributed by atoms with Gasteiger partial charge in [0.1, 0.15) is 11.2 Å². The van der Waals surface area contributed by atoms with Crippen LogP contribution in [0.3, 0.4) is 0 Å². The first-order valence-electron chi connectivity index (χ1n) is 17.6. The van der Waals surface area contributed by atoms with E-state index in [9.17, 15) is 0 Å². The van der Waals surface area contributed by atoms with E-state index < -0.39 is 0 Å². The van der Waals surface area contributed by atoms with Crippen LogP contribution in [0.15, 0.2) is 199 Å². The number of aromatic nitrogens is 1. The van der Waals surface area contributed by atoms with Crippen molar-refractivity contribution in [1.82, 2.24) is 4.98 Å². The summed E-state index contributed by atoms with van der Waals surface area (Å²) in [5, 5.41) is 6.71. The summed E-state index contributed by atoms with van der Waals surface area (Å²) in [6, 6.07) is 64.9. The molecule has 3 nitrogen and oxygen atoms in total. The summed E-state index contributed by atoms with van der Waals surface area (Å²) in [4.78, 5) is 6.93. The standard InChI is InChI=1S/C49H32N2O/c1-2-11-33(12-3-1)37-15-8-17-39(29-37)51(47-31-45-44-20-6-7-22-48(44)52-49(45)46-32-50-28-27-43(46)47)40-18-9-16-38(30-40)34-23-25-36(26-24-34)42-21-10-14-35-13-4-5-19-41(35)42/h1-32H. The molecule has 0 amide bonds. The molecule has 0 radical (unpaired) electrons. The summed E-state index contributed by atoms with van der Waals surface area (Å²) >= 11 is 0. The third-order valence-corrected chi connectivity index (χ3v) is 10.1. The number of hydrogen-bond acceptors (Lipinski definition) is 3. The van der Waals surface area contributed by atoms with Crippen LogP contribution in [0.25, 0.3) is 76.9 Å². The molecule has 0 aliphatic rings. The summed E-state index contributed by atoms with van der Waals surface area (Å²) in [5.41, 5.74) is 12.0. The third-order valence-electron chi connectivity index (χ3n) is 10.1. The monoisotopic (exact) mass is 664 g/mol. The van der Waals surface area contributed by atoms with Gasteiger partial charge < -0.3 is 9.32 Å². The van der Waals surface area contributed by atoms with E-state index >= 15 is 0 Å². The Bertz CT molecular complexity index is 2900. The number of furan rings is 1. The Morgan fingerprint density at radius 2 is 1.02 bits per heavy atom. The average molecular weight is 665 g/mol. The third kappa shape index (κ3) is 5.10. The van der Waals surface area contributed by atoms with Gasteiger partial charge >= 0.3 is 0 Å². The van der Waals surface area contributed by atoms with Crippen molar-refractivity contribution in [2.75, 3.05) is 4.90 Å². The molecule has 3 heteroatoms. The van der Waals surface area contributed by atoms with Crippen molar-refractivity contribution in [3.05, 3.63) is 194 Å². The number of para-hydroxylation sites is 1. The summed E-state index contributed by atoms with van der Waals surface area (Å²) in [5.74, 6) is 0. The maximum Gasteiger partial charge on any atom is 0.144 e. The van der Waals surface area contributed by atoms with E-state index in [4.69, 9.17) is 4.42 Å². The van der Waals surface area contributed by atoms with Crippen molar-refractivity contribution in [2.24, 2.45) is 0 Å². The van der Waals surface area contributed by atoms with Crippen molar-refractivity contribution < 1.29 is 4.42 Å². The van der Waals surface area contributed by atoms with E-state index in [1.54, 1.807) is 0 Å². The minimum Gasteiger partial charge on any atom is -0.455 e. The number of rotatable bonds is 6. The fourth-order valence-corrected chi connectivity index (χ4v) is 7.63. The van der Waals surface area contributed by atoms with Crippen LogP contribution in [-0.2, 0) is 0 Å². The molecule has 0 atom stereocenters. The Morgan fingerprint density at radius 1 is 0.404 bits per heavy atom. The molecule has 2 heterocycles. The summed E-state index contributed by atoms with van der Waals surface area (Å²) in [6.45, 7) is 0. The summed E-state index contributed by atoms with van der Waals surface area (Å²) in [6.07, 6.45) is 3.79. The lowest BCUT2D eigenvalue weighted by molar-refractivity contribution is 0.672. The van der Waals surface area contributed by atoms with Gasteiger partial charge in [-0.3, -0.25) is 4.98 Å². The van der Waals surface area contributed by atoms with Gasteiger partial charge in [-0.05, 0) is 86.6 Å². The molecule has 10 aromatic rings. The second kappa shape index (κ2) is 12.4. The van der Waals surface area contributed by atoms with Crippen LogP contribution >= 0.6 is 0 Å². The van der Waals surface area contributed by atoms with E-state index in [1.807, 2.05) is 24.5 Å². The van der Waals surface area contributed by atoms with Crippen molar-refractivity contribution in [1.29, 1.82) is 0 Å². The molecule has 0 bridgehead atoms. The minimum absolute atomic E-state index is 0.853. The van der Waals surface area contributed by atoms with Gasteiger partial charge in [0.05, 0.1) is 5.69 Å². The maximum absolute atomic E-state index is 6.47. The average Bonchev–Trinajstić information content (AvgIpc) is 3.60. The van der Waals surface area contributed by atoms with Gasteiger partial charge in [0.25, 0.3) is 0 Å². The highest BCUT2D eigenvalue weighted by molar-refractivity contribution is 6.19. The molecule has 2 aromatic heterocycles. The summed E-state index contributed by atoms with van der Waals surface area (Å²) < 4.78 is 6.47. The molecule has 0 aliphatic carbocycles. The van der Waals surface area contributed by atoms with Crippen LogP contribution in [0.5, 0.6) is 0 Å². The quantitative estimate of drug-likeness (QED) is 0.177. The van der Waals surface area contributed by atoms with Crippen LogP contribution in [-0.4, -0.2) is 4.98 Å². The molecular formula is C49H32N2O. The molecule has 10 rings (SSSR count). The lowest BCUT2D eigenvalue weighted by Gasteiger charge is -2.28. The molecular weight excluding hydrogens is 633 g/mol. The van der Waals surface area contributed by atoms with Crippen LogP contribution in [0.2, 0.25) is 0 Å². The molecule has 0 aliphatic heterocycles. The van der Waals surface area contributed by atoms with Crippen molar-refractivity contribution >= 4 is 60.5 Å². The topological polar surface area (TPSA) is 29.3 Å². The largest absolute Gasteiger partial charge is 0.455 e. The van der Waals surface area contributed by atoms with E-state index in [1.165, 1.54) is 27.5 Å². The smallest absolute Gasteiger partial charge is 0.144 e. The van der Waals surface area contributed by atoms with E-state index in [0.717, 1.165) is 66.5 Å². The highest BCUT2D eigenvalue weighted by Gasteiger charge is 2.21. The number of hydrogen-bond donors (Lipinski definition) is 0. The van der Waals surface area contributed by atoms with Gasteiger partial charge in [-0.15, -0.1) is 0 Å². The van der Waals surface area contributed by atoms with E-state index in [0.29, 0.717) is 0 Å². The van der Waals surface area contributed by atoms with Gasteiger partial charge in [-0.2, -0.15) is 0 Å². The fourth-order valence-electron chi connectivity index (χ4n) is 7.63. The van der Waals surface area contributed by atoms with E-state index in [2.05, 4.69) is 180 Å². The highest BCUT2D eigenvalue weighted by Crippen LogP contribution is 2.45. The zero-order chi connectivity index (χ0) is 34.4. The lowest BCUT2D eigenvalue weighted by Crippen LogP contribution is -2.11. The molecule has 52 heavy (non-hydrogen) atoms. The highest BCUT2D eigenvalue weighted by atomic mass is 16.3. The first kappa shape index (κ1) is 29.9. The van der Waals surface area contributed by atoms with Crippen molar-refractivity contribution in [3.8, 4) is 33.4 Å². The van der Waals surface area contributed by atoms with Crippen molar-refractivity contribution in [2.45, 2.75) is 0 Å². The van der Waals surface area contributed by atoms with Gasteiger partial charge in [-0.25, -0.2) is 0 Å². The zero-order valence-corrected chi connectivity index (χ0v) is 28.3.